The largest absolute Gasteiger partial charge is 0.294 e. The number of aromatic nitrogens is 1. The van der Waals surface area contributed by atoms with E-state index in [2.05, 4.69) is 20.9 Å². The van der Waals surface area contributed by atoms with E-state index in [1.807, 2.05) is 19.1 Å². The molecular weight excluding hydrogens is 230 g/mol. The van der Waals surface area contributed by atoms with Gasteiger partial charge in [-0.2, -0.15) is 0 Å². The minimum atomic E-state index is 0.0809. The molecule has 0 aliphatic rings. The first kappa shape index (κ1) is 10.1. The number of rotatable bonds is 3. The number of hydrogen-bond acceptors (Lipinski definition) is 2. The Labute approximate surface area is 85.8 Å². The van der Waals surface area contributed by atoms with E-state index < -0.39 is 0 Å². The molecule has 13 heavy (non-hydrogen) atoms. The van der Waals surface area contributed by atoms with Gasteiger partial charge in [0.25, 0.3) is 0 Å². The Morgan fingerprint density at radius 2 is 2.38 bits per heavy atom. The Hall–Kier alpha value is -0.960. The van der Waals surface area contributed by atoms with Gasteiger partial charge in [-0.1, -0.05) is 6.08 Å². The zero-order valence-corrected chi connectivity index (χ0v) is 8.91. The molecule has 0 N–H and O–H groups in total. The SMILES string of the molecule is C/C=C/C(=O)Cc1ccc(Br)cn1. The van der Waals surface area contributed by atoms with Crippen molar-refractivity contribution in [2.45, 2.75) is 13.3 Å². The van der Waals surface area contributed by atoms with Crippen molar-refractivity contribution in [3.63, 3.8) is 0 Å². The van der Waals surface area contributed by atoms with Crippen LogP contribution >= 0.6 is 15.9 Å². The first-order valence-electron chi connectivity index (χ1n) is 3.98. The fourth-order valence-electron chi connectivity index (χ4n) is 0.934. The summed E-state index contributed by atoms with van der Waals surface area (Å²) >= 11 is 3.28. The highest BCUT2D eigenvalue weighted by molar-refractivity contribution is 9.10. The topological polar surface area (TPSA) is 30.0 Å². The lowest BCUT2D eigenvalue weighted by Gasteiger charge is -1.96. The van der Waals surface area contributed by atoms with Gasteiger partial charge in [-0.3, -0.25) is 9.78 Å². The molecule has 0 unspecified atom stereocenters. The summed E-state index contributed by atoms with van der Waals surface area (Å²) in [7, 11) is 0. The summed E-state index contributed by atoms with van der Waals surface area (Å²) in [4.78, 5) is 15.3. The molecule has 1 heterocycles. The van der Waals surface area contributed by atoms with Crippen molar-refractivity contribution < 1.29 is 4.79 Å². The average Bonchev–Trinajstić information content (AvgIpc) is 2.09. The number of pyridine rings is 1. The predicted molar refractivity (Wildman–Crippen MR) is 55.5 cm³/mol. The zero-order chi connectivity index (χ0) is 9.68. The molecule has 0 aromatic carbocycles. The standard InChI is InChI=1S/C10H10BrNO/c1-2-3-10(13)6-9-5-4-8(11)7-12-9/h2-5,7H,6H2,1H3/b3-2+. The highest BCUT2D eigenvalue weighted by atomic mass is 79.9. The minimum absolute atomic E-state index is 0.0809. The van der Waals surface area contributed by atoms with E-state index in [1.165, 1.54) is 0 Å². The quantitative estimate of drug-likeness (QED) is 0.760. The fourth-order valence-corrected chi connectivity index (χ4v) is 1.17. The zero-order valence-electron chi connectivity index (χ0n) is 7.33. The summed E-state index contributed by atoms with van der Waals surface area (Å²) in [6, 6.07) is 3.72. The summed E-state index contributed by atoms with van der Waals surface area (Å²) in [6.07, 6.45) is 5.36. The van der Waals surface area contributed by atoms with Crippen molar-refractivity contribution >= 4 is 21.7 Å². The maximum Gasteiger partial charge on any atom is 0.161 e. The molecule has 68 valence electrons. The van der Waals surface area contributed by atoms with Crippen molar-refractivity contribution in [3.8, 4) is 0 Å². The fraction of sp³-hybridized carbons (Fsp3) is 0.200. The number of allylic oxidation sites excluding steroid dienone is 2. The van der Waals surface area contributed by atoms with Gasteiger partial charge in [-0.15, -0.1) is 0 Å². The first-order chi connectivity index (χ1) is 6.22. The van der Waals surface area contributed by atoms with Crippen molar-refractivity contribution in [2.24, 2.45) is 0 Å². The molecule has 0 saturated carbocycles. The molecule has 0 atom stereocenters. The van der Waals surface area contributed by atoms with E-state index in [-0.39, 0.29) is 5.78 Å². The molecule has 0 saturated heterocycles. The molecule has 0 aliphatic heterocycles. The van der Waals surface area contributed by atoms with E-state index in [0.717, 1.165) is 10.2 Å². The number of halogens is 1. The molecule has 0 amide bonds. The third-order valence-electron chi connectivity index (χ3n) is 1.50. The third kappa shape index (κ3) is 3.51. The van der Waals surface area contributed by atoms with Crippen molar-refractivity contribution in [3.05, 3.63) is 40.6 Å². The monoisotopic (exact) mass is 239 g/mol. The highest BCUT2D eigenvalue weighted by Gasteiger charge is 1.99. The number of ketones is 1. The lowest BCUT2D eigenvalue weighted by molar-refractivity contribution is -0.114. The van der Waals surface area contributed by atoms with Crippen molar-refractivity contribution in [1.29, 1.82) is 0 Å². The van der Waals surface area contributed by atoms with Gasteiger partial charge in [0.15, 0.2) is 5.78 Å². The van der Waals surface area contributed by atoms with Gasteiger partial charge in [0.1, 0.15) is 0 Å². The van der Waals surface area contributed by atoms with Crippen LogP contribution < -0.4 is 0 Å². The maximum absolute atomic E-state index is 11.2. The second-order valence-electron chi connectivity index (χ2n) is 2.61. The normalized spacial score (nSPS) is 10.6. The van der Waals surface area contributed by atoms with Gasteiger partial charge in [-0.25, -0.2) is 0 Å². The number of nitrogens with zero attached hydrogens (tertiary/aromatic N) is 1. The number of carbonyl (C=O) groups is 1. The third-order valence-corrected chi connectivity index (χ3v) is 1.97. The molecule has 0 fully saturated rings. The summed E-state index contributed by atoms with van der Waals surface area (Å²) in [5.41, 5.74) is 0.798. The molecule has 0 bridgehead atoms. The van der Waals surface area contributed by atoms with E-state index in [9.17, 15) is 4.79 Å². The van der Waals surface area contributed by atoms with Crippen LogP contribution in [0.15, 0.2) is 35.0 Å². The first-order valence-corrected chi connectivity index (χ1v) is 4.77. The van der Waals surface area contributed by atoms with E-state index >= 15 is 0 Å². The van der Waals surface area contributed by atoms with E-state index in [0.29, 0.717) is 6.42 Å². The van der Waals surface area contributed by atoms with Gasteiger partial charge >= 0.3 is 0 Å². The molecule has 1 aromatic heterocycles. The van der Waals surface area contributed by atoms with Crippen LogP contribution in [0.2, 0.25) is 0 Å². The van der Waals surface area contributed by atoms with Crippen LogP contribution in [0, 0.1) is 0 Å². The van der Waals surface area contributed by atoms with Gasteiger partial charge < -0.3 is 0 Å². The Bertz CT molecular complexity index is 316. The smallest absolute Gasteiger partial charge is 0.161 e. The highest BCUT2D eigenvalue weighted by Crippen LogP contribution is 2.07. The second-order valence-corrected chi connectivity index (χ2v) is 3.53. The lowest BCUT2D eigenvalue weighted by atomic mass is 10.2. The molecular formula is C10H10BrNO. The Morgan fingerprint density at radius 1 is 1.62 bits per heavy atom. The van der Waals surface area contributed by atoms with Crippen LogP contribution in [-0.4, -0.2) is 10.8 Å². The molecule has 3 heteroatoms. The molecule has 0 aliphatic carbocycles. The van der Waals surface area contributed by atoms with Gasteiger partial charge in [0.2, 0.25) is 0 Å². The van der Waals surface area contributed by atoms with E-state index in [4.69, 9.17) is 0 Å². The number of carbonyl (C=O) groups excluding carboxylic acids is 1. The summed E-state index contributed by atoms with van der Waals surface area (Å²) in [5, 5.41) is 0. The van der Waals surface area contributed by atoms with Gasteiger partial charge in [0.05, 0.1) is 6.42 Å². The number of hydrogen-bond donors (Lipinski definition) is 0. The Kier molecular flexibility index (Phi) is 3.83. The van der Waals surface area contributed by atoms with Gasteiger partial charge in [0, 0.05) is 16.4 Å². The predicted octanol–water partition coefficient (Wildman–Crippen LogP) is 2.53. The Balaban J connectivity index is 2.64. The van der Waals surface area contributed by atoms with Crippen LogP contribution in [0.3, 0.4) is 0 Å². The minimum Gasteiger partial charge on any atom is -0.294 e. The molecule has 0 spiro atoms. The molecule has 2 nitrogen and oxygen atoms in total. The molecule has 0 radical (unpaired) electrons. The average molecular weight is 240 g/mol. The Morgan fingerprint density at radius 3 is 2.92 bits per heavy atom. The molecule has 1 aromatic rings. The lowest BCUT2D eigenvalue weighted by Crippen LogP contribution is -1.99. The van der Waals surface area contributed by atoms with Crippen LogP contribution in [0.1, 0.15) is 12.6 Å². The summed E-state index contributed by atoms with van der Waals surface area (Å²) in [5.74, 6) is 0.0809. The van der Waals surface area contributed by atoms with Crippen LogP contribution in [0.5, 0.6) is 0 Å². The maximum atomic E-state index is 11.2. The van der Waals surface area contributed by atoms with E-state index in [1.54, 1.807) is 18.3 Å². The van der Waals surface area contributed by atoms with Crippen LogP contribution in [0.4, 0.5) is 0 Å². The van der Waals surface area contributed by atoms with Crippen molar-refractivity contribution in [2.75, 3.05) is 0 Å². The van der Waals surface area contributed by atoms with Crippen LogP contribution in [0.25, 0.3) is 0 Å². The second kappa shape index (κ2) is 4.92. The summed E-state index contributed by atoms with van der Waals surface area (Å²) in [6.45, 7) is 1.83. The van der Waals surface area contributed by atoms with Crippen LogP contribution in [-0.2, 0) is 11.2 Å². The van der Waals surface area contributed by atoms with Crippen molar-refractivity contribution in [1.82, 2.24) is 4.98 Å². The van der Waals surface area contributed by atoms with Gasteiger partial charge in [-0.05, 0) is 41.1 Å². The summed E-state index contributed by atoms with van der Waals surface area (Å²) < 4.78 is 0.926. The molecule has 1 rings (SSSR count).